The van der Waals surface area contributed by atoms with Crippen molar-refractivity contribution < 1.29 is 5.11 Å². The normalized spacial score (nSPS) is 15.4. The second-order valence-corrected chi connectivity index (χ2v) is 5.13. The molecule has 104 valence electrons. The minimum Gasteiger partial charge on any atom is -0.392 e. The van der Waals surface area contributed by atoms with Crippen molar-refractivity contribution in [3.63, 3.8) is 0 Å². The fourth-order valence-corrected chi connectivity index (χ4v) is 2.67. The molecule has 2 aromatic rings. The predicted octanol–water partition coefficient (Wildman–Crippen LogP) is 2.51. The van der Waals surface area contributed by atoms with Crippen molar-refractivity contribution in [2.75, 3.05) is 36.0 Å². The fraction of sp³-hybridized carbons (Fsp3) is 0.294. The second kappa shape index (κ2) is 5.97. The molecule has 1 N–H and O–H groups in total. The van der Waals surface area contributed by atoms with E-state index in [1.807, 2.05) is 12.1 Å². The zero-order chi connectivity index (χ0) is 13.8. The average molecular weight is 268 g/mol. The number of aliphatic hydroxyl groups excluding tert-OH is 1. The van der Waals surface area contributed by atoms with Crippen LogP contribution in [-0.4, -0.2) is 31.3 Å². The zero-order valence-corrected chi connectivity index (χ0v) is 11.6. The van der Waals surface area contributed by atoms with Crippen molar-refractivity contribution >= 4 is 11.4 Å². The lowest BCUT2D eigenvalue weighted by Gasteiger charge is -2.37. The standard InChI is InChI=1S/C17H20N2O/c20-14-15-6-8-17(9-7-15)19-12-10-18(11-13-19)16-4-2-1-3-5-16/h1-9,20H,10-14H2. The second-order valence-electron chi connectivity index (χ2n) is 5.13. The molecule has 0 spiro atoms. The molecule has 1 fully saturated rings. The summed E-state index contributed by atoms with van der Waals surface area (Å²) in [6, 6.07) is 18.8. The summed E-state index contributed by atoms with van der Waals surface area (Å²) >= 11 is 0. The van der Waals surface area contributed by atoms with E-state index in [1.54, 1.807) is 0 Å². The molecule has 3 nitrogen and oxygen atoms in total. The molecule has 2 aromatic carbocycles. The summed E-state index contributed by atoms with van der Waals surface area (Å²) in [6.45, 7) is 4.28. The molecule has 0 saturated carbocycles. The van der Waals surface area contributed by atoms with Crippen LogP contribution in [0.25, 0.3) is 0 Å². The van der Waals surface area contributed by atoms with Crippen LogP contribution >= 0.6 is 0 Å². The van der Waals surface area contributed by atoms with Crippen molar-refractivity contribution in [1.82, 2.24) is 0 Å². The Labute approximate surface area is 120 Å². The van der Waals surface area contributed by atoms with Crippen LogP contribution < -0.4 is 9.80 Å². The van der Waals surface area contributed by atoms with Gasteiger partial charge in [-0.2, -0.15) is 0 Å². The van der Waals surface area contributed by atoms with Crippen LogP contribution in [0.15, 0.2) is 54.6 Å². The van der Waals surface area contributed by atoms with Crippen molar-refractivity contribution in [3.05, 3.63) is 60.2 Å². The van der Waals surface area contributed by atoms with E-state index in [2.05, 4.69) is 52.3 Å². The molecule has 3 heteroatoms. The quantitative estimate of drug-likeness (QED) is 0.926. The monoisotopic (exact) mass is 268 g/mol. The Kier molecular flexibility index (Phi) is 3.88. The van der Waals surface area contributed by atoms with Crippen LogP contribution in [0.4, 0.5) is 11.4 Å². The number of benzene rings is 2. The number of anilines is 2. The number of nitrogens with zero attached hydrogens (tertiary/aromatic N) is 2. The molecular weight excluding hydrogens is 248 g/mol. The first-order valence-electron chi connectivity index (χ1n) is 7.11. The molecule has 3 rings (SSSR count). The number of hydrogen-bond donors (Lipinski definition) is 1. The molecule has 0 bridgehead atoms. The summed E-state index contributed by atoms with van der Waals surface area (Å²) in [5, 5.41) is 9.08. The van der Waals surface area contributed by atoms with Gasteiger partial charge in [0.2, 0.25) is 0 Å². The van der Waals surface area contributed by atoms with Crippen LogP contribution in [0.1, 0.15) is 5.56 Å². The predicted molar refractivity (Wildman–Crippen MR) is 83.2 cm³/mol. The Morgan fingerprint density at radius 1 is 0.700 bits per heavy atom. The molecule has 1 aliphatic rings. The largest absolute Gasteiger partial charge is 0.392 e. The van der Waals surface area contributed by atoms with Crippen molar-refractivity contribution in [3.8, 4) is 0 Å². The third-order valence-corrected chi connectivity index (χ3v) is 3.89. The molecule has 1 heterocycles. The van der Waals surface area contributed by atoms with Gasteiger partial charge < -0.3 is 14.9 Å². The van der Waals surface area contributed by atoms with Gasteiger partial charge in [0.05, 0.1) is 6.61 Å². The van der Waals surface area contributed by atoms with Crippen molar-refractivity contribution in [2.24, 2.45) is 0 Å². The number of hydrogen-bond acceptors (Lipinski definition) is 3. The van der Waals surface area contributed by atoms with Gasteiger partial charge in [-0.15, -0.1) is 0 Å². The van der Waals surface area contributed by atoms with Gasteiger partial charge in [-0.1, -0.05) is 30.3 Å². The topological polar surface area (TPSA) is 26.7 Å². The van der Waals surface area contributed by atoms with Crippen LogP contribution in [-0.2, 0) is 6.61 Å². The van der Waals surface area contributed by atoms with Gasteiger partial charge in [-0.3, -0.25) is 0 Å². The fourth-order valence-electron chi connectivity index (χ4n) is 2.67. The molecule has 0 amide bonds. The summed E-state index contributed by atoms with van der Waals surface area (Å²) in [5.74, 6) is 0. The highest BCUT2D eigenvalue weighted by Gasteiger charge is 2.17. The van der Waals surface area contributed by atoms with Gasteiger partial charge in [0, 0.05) is 37.6 Å². The highest BCUT2D eigenvalue weighted by atomic mass is 16.3. The van der Waals surface area contributed by atoms with Crippen LogP contribution in [0, 0.1) is 0 Å². The lowest BCUT2D eigenvalue weighted by Crippen LogP contribution is -2.46. The summed E-state index contributed by atoms with van der Waals surface area (Å²) in [5.41, 5.74) is 3.52. The van der Waals surface area contributed by atoms with E-state index in [1.165, 1.54) is 11.4 Å². The lowest BCUT2D eigenvalue weighted by molar-refractivity contribution is 0.282. The van der Waals surface area contributed by atoms with E-state index in [4.69, 9.17) is 5.11 Å². The number of para-hydroxylation sites is 1. The molecule has 0 aromatic heterocycles. The summed E-state index contributed by atoms with van der Waals surface area (Å²) in [4.78, 5) is 4.83. The Bertz CT molecular complexity index is 531. The van der Waals surface area contributed by atoms with E-state index in [0.29, 0.717) is 0 Å². The average Bonchev–Trinajstić information content (AvgIpc) is 2.56. The maximum absolute atomic E-state index is 9.08. The van der Waals surface area contributed by atoms with Gasteiger partial charge >= 0.3 is 0 Å². The SMILES string of the molecule is OCc1ccc(N2CCN(c3ccccc3)CC2)cc1. The number of rotatable bonds is 3. The van der Waals surface area contributed by atoms with Gasteiger partial charge in [0.1, 0.15) is 0 Å². The van der Waals surface area contributed by atoms with Crippen LogP contribution in [0.2, 0.25) is 0 Å². The van der Waals surface area contributed by atoms with E-state index in [0.717, 1.165) is 31.7 Å². The third kappa shape index (κ3) is 2.78. The molecular formula is C17H20N2O. The Hall–Kier alpha value is -2.00. The summed E-state index contributed by atoms with van der Waals surface area (Å²) < 4.78 is 0. The molecule has 0 aliphatic carbocycles. The minimum atomic E-state index is 0.113. The molecule has 1 saturated heterocycles. The Morgan fingerprint density at radius 2 is 1.20 bits per heavy atom. The van der Waals surface area contributed by atoms with Crippen LogP contribution in [0.3, 0.4) is 0 Å². The van der Waals surface area contributed by atoms with Gasteiger partial charge in [-0.05, 0) is 29.8 Å². The first kappa shape index (κ1) is 13.0. The maximum atomic E-state index is 9.08. The maximum Gasteiger partial charge on any atom is 0.0681 e. The number of aliphatic hydroxyl groups is 1. The first-order valence-corrected chi connectivity index (χ1v) is 7.11. The minimum absolute atomic E-state index is 0.113. The van der Waals surface area contributed by atoms with Gasteiger partial charge in [0.25, 0.3) is 0 Å². The zero-order valence-electron chi connectivity index (χ0n) is 11.6. The molecule has 0 radical (unpaired) electrons. The molecule has 1 aliphatic heterocycles. The van der Waals surface area contributed by atoms with Crippen LogP contribution in [0.5, 0.6) is 0 Å². The van der Waals surface area contributed by atoms with E-state index in [9.17, 15) is 0 Å². The highest BCUT2D eigenvalue weighted by molar-refractivity contribution is 5.52. The Morgan fingerprint density at radius 3 is 1.70 bits per heavy atom. The van der Waals surface area contributed by atoms with Crippen molar-refractivity contribution in [1.29, 1.82) is 0 Å². The number of piperazine rings is 1. The summed E-state index contributed by atoms with van der Waals surface area (Å²) in [6.07, 6.45) is 0. The molecule has 0 atom stereocenters. The third-order valence-electron chi connectivity index (χ3n) is 3.89. The highest BCUT2D eigenvalue weighted by Crippen LogP contribution is 2.20. The molecule has 0 unspecified atom stereocenters. The first-order chi connectivity index (χ1) is 9.86. The van der Waals surface area contributed by atoms with Crippen molar-refractivity contribution in [2.45, 2.75) is 6.61 Å². The molecule has 20 heavy (non-hydrogen) atoms. The van der Waals surface area contributed by atoms with E-state index in [-0.39, 0.29) is 6.61 Å². The summed E-state index contributed by atoms with van der Waals surface area (Å²) in [7, 11) is 0. The van der Waals surface area contributed by atoms with E-state index < -0.39 is 0 Å². The lowest BCUT2D eigenvalue weighted by atomic mass is 10.2. The van der Waals surface area contributed by atoms with Gasteiger partial charge in [-0.25, -0.2) is 0 Å². The smallest absolute Gasteiger partial charge is 0.0681 e. The Balaban J connectivity index is 1.63. The van der Waals surface area contributed by atoms with E-state index >= 15 is 0 Å². The van der Waals surface area contributed by atoms with Gasteiger partial charge in [0.15, 0.2) is 0 Å².